The summed E-state index contributed by atoms with van der Waals surface area (Å²) >= 11 is 0. The monoisotopic (exact) mass is 316 g/mol. The zero-order chi connectivity index (χ0) is 17.0. The SMILES string of the molecule is CN(C)C1(CCC(C=O)(CO)NC(=O)OC(C)(C)C)COC1. The molecule has 2 N–H and O–H groups in total. The molecule has 0 spiro atoms. The minimum absolute atomic E-state index is 0.154. The summed E-state index contributed by atoms with van der Waals surface area (Å²) in [6, 6.07) is 0. The zero-order valence-electron chi connectivity index (χ0n) is 14.1. The number of rotatable bonds is 7. The third kappa shape index (κ3) is 4.66. The number of carbonyl (C=O) groups excluding carboxylic acids is 2. The van der Waals surface area contributed by atoms with E-state index in [0.29, 0.717) is 32.3 Å². The Morgan fingerprint density at radius 1 is 1.41 bits per heavy atom. The first kappa shape index (κ1) is 18.9. The Labute approximate surface area is 131 Å². The van der Waals surface area contributed by atoms with Crippen LogP contribution < -0.4 is 5.32 Å². The van der Waals surface area contributed by atoms with Crippen LogP contribution in [0.2, 0.25) is 0 Å². The van der Waals surface area contributed by atoms with Crippen LogP contribution in [0.1, 0.15) is 33.6 Å². The van der Waals surface area contributed by atoms with E-state index in [-0.39, 0.29) is 5.54 Å². The fraction of sp³-hybridized carbons (Fsp3) is 0.867. The standard InChI is InChI=1S/C15H28N2O5/c1-13(2,3)22-12(20)16-14(8-18,9-19)6-7-15(17(4)5)10-21-11-15/h8,19H,6-7,9-11H2,1-5H3,(H,16,20). The zero-order valence-corrected chi connectivity index (χ0v) is 14.1. The van der Waals surface area contributed by atoms with E-state index in [1.807, 2.05) is 14.1 Å². The third-order valence-electron chi connectivity index (χ3n) is 3.98. The predicted octanol–water partition coefficient (Wildman–Crippen LogP) is 0.552. The van der Waals surface area contributed by atoms with E-state index in [1.54, 1.807) is 20.8 Å². The van der Waals surface area contributed by atoms with Crippen molar-refractivity contribution >= 4 is 12.4 Å². The summed E-state index contributed by atoms with van der Waals surface area (Å²) in [5, 5.41) is 12.1. The number of aldehydes is 1. The highest BCUT2D eigenvalue weighted by molar-refractivity contribution is 5.76. The van der Waals surface area contributed by atoms with Crippen molar-refractivity contribution in [2.24, 2.45) is 0 Å². The minimum Gasteiger partial charge on any atom is -0.444 e. The Morgan fingerprint density at radius 3 is 2.32 bits per heavy atom. The largest absolute Gasteiger partial charge is 0.444 e. The van der Waals surface area contributed by atoms with Gasteiger partial charge in [0.05, 0.1) is 25.4 Å². The Balaban J connectivity index is 2.70. The van der Waals surface area contributed by atoms with E-state index >= 15 is 0 Å². The van der Waals surface area contributed by atoms with E-state index in [4.69, 9.17) is 9.47 Å². The molecule has 1 heterocycles. The number of aliphatic hydroxyl groups is 1. The van der Waals surface area contributed by atoms with Crippen molar-refractivity contribution in [3.63, 3.8) is 0 Å². The molecule has 1 unspecified atom stereocenters. The van der Waals surface area contributed by atoms with Gasteiger partial charge in [0.25, 0.3) is 0 Å². The highest BCUT2D eigenvalue weighted by Crippen LogP contribution is 2.30. The fourth-order valence-electron chi connectivity index (χ4n) is 2.23. The smallest absolute Gasteiger partial charge is 0.408 e. The first-order chi connectivity index (χ1) is 10.1. The van der Waals surface area contributed by atoms with Crippen molar-refractivity contribution < 1.29 is 24.2 Å². The van der Waals surface area contributed by atoms with Crippen molar-refractivity contribution in [2.75, 3.05) is 33.9 Å². The number of hydrogen-bond donors (Lipinski definition) is 2. The average Bonchev–Trinajstić information content (AvgIpc) is 2.33. The highest BCUT2D eigenvalue weighted by atomic mass is 16.6. The van der Waals surface area contributed by atoms with Gasteiger partial charge in [-0.15, -0.1) is 0 Å². The second kappa shape index (κ2) is 6.93. The van der Waals surface area contributed by atoms with Crippen LogP contribution in [0.25, 0.3) is 0 Å². The lowest BCUT2D eigenvalue weighted by atomic mass is 9.84. The van der Waals surface area contributed by atoms with Crippen LogP contribution in [0.3, 0.4) is 0 Å². The normalized spacial score (nSPS) is 20.0. The van der Waals surface area contributed by atoms with Gasteiger partial charge >= 0.3 is 6.09 Å². The number of carbonyl (C=O) groups is 2. The van der Waals surface area contributed by atoms with E-state index < -0.39 is 23.8 Å². The maximum atomic E-state index is 11.9. The molecule has 0 bridgehead atoms. The first-order valence-electron chi connectivity index (χ1n) is 7.42. The molecule has 0 aliphatic carbocycles. The maximum absolute atomic E-state index is 11.9. The number of hydrogen-bond acceptors (Lipinski definition) is 6. The summed E-state index contributed by atoms with van der Waals surface area (Å²) in [5.74, 6) is 0. The highest BCUT2D eigenvalue weighted by Gasteiger charge is 2.43. The van der Waals surface area contributed by atoms with E-state index in [2.05, 4.69) is 10.2 Å². The van der Waals surface area contributed by atoms with Gasteiger partial charge in [0.15, 0.2) is 0 Å². The van der Waals surface area contributed by atoms with Crippen LogP contribution >= 0.6 is 0 Å². The lowest BCUT2D eigenvalue weighted by Crippen LogP contribution is -2.62. The van der Waals surface area contributed by atoms with Gasteiger partial charge in [0.1, 0.15) is 17.4 Å². The molecule has 1 aliphatic rings. The molecule has 0 radical (unpaired) electrons. The quantitative estimate of drug-likeness (QED) is 0.667. The van der Waals surface area contributed by atoms with Crippen LogP contribution in [0.15, 0.2) is 0 Å². The molecule has 128 valence electrons. The summed E-state index contributed by atoms with van der Waals surface area (Å²) < 4.78 is 10.4. The Hall–Kier alpha value is -1.18. The van der Waals surface area contributed by atoms with Crippen LogP contribution in [-0.2, 0) is 14.3 Å². The average molecular weight is 316 g/mol. The molecule has 22 heavy (non-hydrogen) atoms. The topological polar surface area (TPSA) is 88.1 Å². The summed E-state index contributed by atoms with van der Waals surface area (Å²) in [7, 11) is 3.90. The van der Waals surface area contributed by atoms with Gasteiger partial charge in [-0.1, -0.05) is 0 Å². The van der Waals surface area contributed by atoms with E-state index in [0.717, 1.165) is 0 Å². The fourth-order valence-corrected chi connectivity index (χ4v) is 2.23. The molecule has 0 aromatic heterocycles. The van der Waals surface area contributed by atoms with Crippen LogP contribution in [-0.4, -0.2) is 73.0 Å². The summed E-state index contributed by atoms with van der Waals surface area (Å²) in [6.45, 7) is 5.89. The second-order valence-corrected chi connectivity index (χ2v) is 7.17. The number of nitrogens with one attached hydrogen (secondary N) is 1. The molecule has 1 fully saturated rings. The summed E-state index contributed by atoms with van der Waals surface area (Å²) in [5.41, 5.74) is -2.15. The van der Waals surface area contributed by atoms with Crippen molar-refractivity contribution in [3.8, 4) is 0 Å². The third-order valence-corrected chi connectivity index (χ3v) is 3.98. The van der Waals surface area contributed by atoms with Crippen molar-refractivity contribution in [2.45, 2.75) is 50.3 Å². The van der Waals surface area contributed by atoms with Crippen molar-refractivity contribution in [1.29, 1.82) is 0 Å². The summed E-state index contributed by atoms with van der Waals surface area (Å²) in [4.78, 5) is 25.4. The van der Waals surface area contributed by atoms with E-state index in [1.165, 1.54) is 0 Å². The molecule has 0 saturated carbocycles. The molecule has 7 nitrogen and oxygen atoms in total. The minimum atomic E-state index is -1.33. The molecule has 0 aromatic rings. The molecular weight excluding hydrogens is 288 g/mol. The number of amides is 1. The van der Waals surface area contributed by atoms with Gasteiger partial charge in [0, 0.05) is 0 Å². The molecule has 1 rings (SSSR count). The Bertz CT molecular complexity index is 401. The molecular formula is C15H28N2O5. The maximum Gasteiger partial charge on any atom is 0.408 e. The van der Waals surface area contributed by atoms with Gasteiger partial charge in [-0.3, -0.25) is 4.90 Å². The van der Waals surface area contributed by atoms with Gasteiger partial charge < -0.3 is 24.7 Å². The van der Waals surface area contributed by atoms with Crippen LogP contribution in [0, 0.1) is 0 Å². The number of alkyl carbamates (subject to hydrolysis) is 1. The van der Waals surface area contributed by atoms with Crippen LogP contribution in [0.4, 0.5) is 4.79 Å². The van der Waals surface area contributed by atoms with Crippen molar-refractivity contribution in [3.05, 3.63) is 0 Å². The van der Waals surface area contributed by atoms with Gasteiger partial charge in [-0.05, 0) is 47.7 Å². The molecule has 1 aliphatic heterocycles. The lowest BCUT2D eigenvalue weighted by Gasteiger charge is -2.48. The number of ether oxygens (including phenoxy) is 2. The molecule has 0 aromatic carbocycles. The summed E-state index contributed by atoms with van der Waals surface area (Å²) in [6.07, 6.45) is 0.806. The predicted molar refractivity (Wildman–Crippen MR) is 81.7 cm³/mol. The molecule has 1 amide bonds. The lowest BCUT2D eigenvalue weighted by molar-refractivity contribution is -0.134. The molecule has 1 atom stereocenters. The number of likely N-dealkylation sites (N-methyl/N-ethyl adjacent to an activating group) is 1. The van der Waals surface area contributed by atoms with Gasteiger partial charge in [-0.25, -0.2) is 4.79 Å². The first-order valence-corrected chi connectivity index (χ1v) is 7.42. The Kier molecular flexibility index (Phi) is 5.95. The van der Waals surface area contributed by atoms with Crippen molar-refractivity contribution in [1.82, 2.24) is 10.2 Å². The number of aliphatic hydroxyl groups excluding tert-OH is 1. The van der Waals surface area contributed by atoms with E-state index in [9.17, 15) is 14.7 Å². The second-order valence-electron chi connectivity index (χ2n) is 7.17. The Morgan fingerprint density at radius 2 is 2.00 bits per heavy atom. The number of nitrogens with zero attached hydrogens (tertiary/aromatic N) is 1. The van der Waals surface area contributed by atoms with Crippen LogP contribution in [0.5, 0.6) is 0 Å². The van der Waals surface area contributed by atoms with Gasteiger partial charge in [0.2, 0.25) is 0 Å². The molecule has 1 saturated heterocycles. The molecule has 7 heteroatoms. The van der Waals surface area contributed by atoms with Gasteiger partial charge in [-0.2, -0.15) is 0 Å².